The molecule has 4 heteroatoms. The van der Waals surface area contributed by atoms with Crippen LogP contribution in [0.1, 0.15) is 19.4 Å². The first kappa shape index (κ1) is 11.9. The van der Waals surface area contributed by atoms with Crippen LogP contribution in [0.2, 0.25) is 0 Å². The van der Waals surface area contributed by atoms with Crippen molar-refractivity contribution in [1.82, 2.24) is 9.88 Å². The van der Waals surface area contributed by atoms with E-state index in [1.54, 1.807) is 20.0 Å². The van der Waals surface area contributed by atoms with Gasteiger partial charge in [-0.15, -0.1) is 0 Å². The molecule has 0 bridgehead atoms. The third-order valence-electron chi connectivity index (χ3n) is 2.02. The summed E-state index contributed by atoms with van der Waals surface area (Å²) in [6.45, 7) is 4.87. The molecular formula is C11H19N3O. The molecule has 0 amide bonds. The zero-order valence-electron chi connectivity index (χ0n) is 9.57. The molecule has 0 saturated carbocycles. The molecule has 0 aliphatic carbocycles. The van der Waals surface area contributed by atoms with Crippen molar-refractivity contribution in [1.29, 1.82) is 0 Å². The second-order valence-electron chi connectivity index (χ2n) is 4.53. The predicted octanol–water partition coefficient (Wildman–Crippen LogP) is 0.867. The van der Waals surface area contributed by atoms with Gasteiger partial charge in [-0.2, -0.15) is 0 Å². The number of likely N-dealkylation sites (N-methyl/N-ethyl adjacent to an activating group) is 1. The molecule has 0 fully saturated rings. The summed E-state index contributed by atoms with van der Waals surface area (Å²) in [4.78, 5) is 6.04. The van der Waals surface area contributed by atoms with E-state index in [2.05, 4.69) is 4.98 Å². The Labute approximate surface area is 90.7 Å². The topological polar surface area (TPSA) is 62.4 Å². The standard InChI is InChI=1S/C11H19N3O/c1-11(2,15)8-14(3)7-9-5-4-6-13-10(9)12/h4-6,15H,7-8H2,1-3H3,(H2,12,13). The van der Waals surface area contributed by atoms with Gasteiger partial charge in [-0.1, -0.05) is 6.07 Å². The summed E-state index contributed by atoms with van der Waals surface area (Å²) in [6.07, 6.45) is 1.68. The van der Waals surface area contributed by atoms with Crippen LogP contribution in [0.4, 0.5) is 5.82 Å². The molecule has 84 valence electrons. The van der Waals surface area contributed by atoms with Crippen LogP contribution in [0, 0.1) is 0 Å². The lowest BCUT2D eigenvalue weighted by atomic mass is 10.1. The Bertz CT molecular complexity index is 320. The molecule has 0 atom stereocenters. The van der Waals surface area contributed by atoms with E-state index in [9.17, 15) is 5.11 Å². The molecule has 15 heavy (non-hydrogen) atoms. The summed E-state index contributed by atoms with van der Waals surface area (Å²) in [5.74, 6) is 0.556. The van der Waals surface area contributed by atoms with E-state index < -0.39 is 5.60 Å². The minimum atomic E-state index is -0.689. The number of nitrogens with zero attached hydrogens (tertiary/aromatic N) is 2. The van der Waals surface area contributed by atoms with Crippen LogP contribution in [0.3, 0.4) is 0 Å². The van der Waals surface area contributed by atoms with Crippen molar-refractivity contribution in [2.45, 2.75) is 26.0 Å². The molecule has 3 N–H and O–H groups in total. The first-order valence-corrected chi connectivity index (χ1v) is 4.99. The van der Waals surface area contributed by atoms with Crippen molar-refractivity contribution in [2.75, 3.05) is 19.3 Å². The maximum Gasteiger partial charge on any atom is 0.127 e. The number of anilines is 1. The van der Waals surface area contributed by atoms with Crippen LogP contribution in [-0.4, -0.2) is 34.2 Å². The van der Waals surface area contributed by atoms with Crippen LogP contribution in [0.5, 0.6) is 0 Å². The lowest BCUT2D eigenvalue weighted by molar-refractivity contribution is 0.0425. The van der Waals surface area contributed by atoms with E-state index in [0.29, 0.717) is 18.9 Å². The second kappa shape index (κ2) is 4.59. The number of hydrogen-bond acceptors (Lipinski definition) is 4. The molecule has 0 spiro atoms. The van der Waals surface area contributed by atoms with Gasteiger partial charge in [0.1, 0.15) is 5.82 Å². The van der Waals surface area contributed by atoms with Crippen LogP contribution in [0.25, 0.3) is 0 Å². The highest BCUT2D eigenvalue weighted by molar-refractivity contribution is 5.38. The number of rotatable bonds is 4. The van der Waals surface area contributed by atoms with Crippen molar-refractivity contribution < 1.29 is 5.11 Å². The lowest BCUT2D eigenvalue weighted by Gasteiger charge is -2.25. The van der Waals surface area contributed by atoms with Crippen molar-refractivity contribution in [2.24, 2.45) is 0 Å². The number of nitrogen functional groups attached to an aromatic ring is 1. The Balaban J connectivity index is 2.59. The fourth-order valence-corrected chi connectivity index (χ4v) is 1.59. The Hall–Kier alpha value is -1.13. The summed E-state index contributed by atoms with van der Waals surface area (Å²) in [5, 5.41) is 9.65. The summed E-state index contributed by atoms with van der Waals surface area (Å²) >= 11 is 0. The molecule has 0 saturated heterocycles. The Kier molecular flexibility index (Phi) is 3.66. The highest BCUT2D eigenvalue weighted by Gasteiger charge is 2.16. The van der Waals surface area contributed by atoms with Crippen LogP contribution >= 0.6 is 0 Å². The fraction of sp³-hybridized carbons (Fsp3) is 0.545. The highest BCUT2D eigenvalue weighted by atomic mass is 16.3. The van der Waals surface area contributed by atoms with Crippen molar-refractivity contribution >= 4 is 5.82 Å². The van der Waals surface area contributed by atoms with Gasteiger partial charge in [0.05, 0.1) is 5.60 Å². The van der Waals surface area contributed by atoms with Gasteiger partial charge >= 0.3 is 0 Å². The number of aromatic nitrogens is 1. The molecule has 1 aromatic rings. The molecule has 0 unspecified atom stereocenters. The van der Waals surface area contributed by atoms with E-state index in [4.69, 9.17) is 5.73 Å². The summed E-state index contributed by atoms with van der Waals surface area (Å²) < 4.78 is 0. The zero-order chi connectivity index (χ0) is 11.5. The van der Waals surface area contributed by atoms with E-state index in [0.717, 1.165) is 5.56 Å². The van der Waals surface area contributed by atoms with Crippen molar-refractivity contribution in [3.05, 3.63) is 23.9 Å². The molecule has 1 aromatic heterocycles. The molecule has 4 nitrogen and oxygen atoms in total. The van der Waals surface area contributed by atoms with Gasteiger partial charge in [0.2, 0.25) is 0 Å². The van der Waals surface area contributed by atoms with E-state index >= 15 is 0 Å². The molecule has 0 aliphatic heterocycles. The van der Waals surface area contributed by atoms with Gasteiger partial charge in [0.25, 0.3) is 0 Å². The molecule has 1 heterocycles. The number of aliphatic hydroxyl groups is 1. The Morgan fingerprint density at radius 1 is 1.53 bits per heavy atom. The maximum atomic E-state index is 9.65. The van der Waals surface area contributed by atoms with E-state index in [1.165, 1.54) is 0 Å². The van der Waals surface area contributed by atoms with Gasteiger partial charge in [-0.3, -0.25) is 4.90 Å². The molecular weight excluding hydrogens is 190 g/mol. The summed E-state index contributed by atoms with van der Waals surface area (Å²) in [7, 11) is 1.95. The smallest absolute Gasteiger partial charge is 0.127 e. The fourth-order valence-electron chi connectivity index (χ4n) is 1.59. The van der Waals surface area contributed by atoms with Gasteiger partial charge in [-0.05, 0) is 27.0 Å². The monoisotopic (exact) mass is 209 g/mol. The van der Waals surface area contributed by atoms with Crippen molar-refractivity contribution in [3.8, 4) is 0 Å². The number of nitrogens with two attached hydrogens (primary N) is 1. The van der Waals surface area contributed by atoms with Crippen LogP contribution in [-0.2, 0) is 6.54 Å². The SMILES string of the molecule is CN(Cc1cccnc1N)CC(C)(C)O. The minimum absolute atomic E-state index is 0.556. The third kappa shape index (κ3) is 4.27. The van der Waals surface area contributed by atoms with Crippen LogP contribution in [0.15, 0.2) is 18.3 Å². The molecule has 0 radical (unpaired) electrons. The first-order chi connectivity index (χ1) is 6.88. The number of pyridine rings is 1. The predicted molar refractivity (Wildman–Crippen MR) is 61.3 cm³/mol. The summed E-state index contributed by atoms with van der Waals surface area (Å²) in [6, 6.07) is 3.81. The Morgan fingerprint density at radius 2 is 2.20 bits per heavy atom. The molecule has 1 rings (SSSR count). The lowest BCUT2D eigenvalue weighted by Crippen LogP contribution is -2.36. The average molecular weight is 209 g/mol. The largest absolute Gasteiger partial charge is 0.389 e. The Morgan fingerprint density at radius 3 is 2.73 bits per heavy atom. The molecule has 0 aliphatic rings. The highest BCUT2D eigenvalue weighted by Crippen LogP contribution is 2.11. The zero-order valence-corrected chi connectivity index (χ0v) is 9.57. The average Bonchev–Trinajstić information content (AvgIpc) is 2.05. The maximum absolute atomic E-state index is 9.65. The number of hydrogen-bond donors (Lipinski definition) is 2. The van der Waals surface area contributed by atoms with Gasteiger partial charge < -0.3 is 10.8 Å². The minimum Gasteiger partial charge on any atom is -0.389 e. The van der Waals surface area contributed by atoms with Crippen molar-refractivity contribution in [3.63, 3.8) is 0 Å². The van der Waals surface area contributed by atoms with Gasteiger partial charge in [0.15, 0.2) is 0 Å². The van der Waals surface area contributed by atoms with Gasteiger partial charge in [0, 0.05) is 24.8 Å². The third-order valence-corrected chi connectivity index (χ3v) is 2.02. The summed E-state index contributed by atoms with van der Waals surface area (Å²) in [5.41, 5.74) is 6.03. The van der Waals surface area contributed by atoms with Crippen LogP contribution < -0.4 is 5.73 Å². The van der Waals surface area contributed by atoms with E-state index in [1.807, 2.05) is 24.1 Å². The normalized spacial score (nSPS) is 12.1. The molecule has 0 aromatic carbocycles. The van der Waals surface area contributed by atoms with Gasteiger partial charge in [-0.25, -0.2) is 4.98 Å². The first-order valence-electron chi connectivity index (χ1n) is 4.99. The second-order valence-corrected chi connectivity index (χ2v) is 4.53. The quantitative estimate of drug-likeness (QED) is 0.772. The van der Waals surface area contributed by atoms with E-state index in [-0.39, 0.29) is 0 Å².